The number of nitrogens with two attached hydrogens (primary N) is 1. The van der Waals surface area contributed by atoms with Crippen LogP contribution in [0.25, 0.3) is 0 Å². The van der Waals surface area contributed by atoms with Crippen LogP contribution in [-0.4, -0.2) is 96.2 Å². The highest BCUT2D eigenvalue weighted by atomic mass is 32.2. The Morgan fingerprint density at radius 1 is 1.38 bits per heavy atom. The Bertz CT molecular complexity index is 1370. The number of β-lactam (4-membered cyclic amide) rings is 1. The number of anilines is 1. The van der Waals surface area contributed by atoms with E-state index in [-0.39, 0.29) is 42.0 Å². The molecule has 0 radical (unpaired) electrons. The molecule has 0 aromatic carbocycles. The summed E-state index contributed by atoms with van der Waals surface area (Å²) in [4.78, 5) is 50.8. The third-order valence-electron chi connectivity index (χ3n) is 6.06. The fourth-order valence-corrected chi connectivity index (χ4v) is 6.86. The SMILES string of the molecule is CCO/N=C(\C(=O)N[C@@H]1C(=O)N2C(C(=O)O)=C(CN3C=CN4NC(SCCO)=CC=C34)CS[C@@H]12)c1csc(N)n1. The van der Waals surface area contributed by atoms with Crippen molar-refractivity contribution >= 4 is 63.5 Å². The van der Waals surface area contributed by atoms with Crippen LogP contribution in [0.3, 0.4) is 0 Å². The molecule has 0 unspecified atom stereocenters. The Morgan fingerprint density at radius 2 is 2.20 bits per heavy atom. The fourth-order valence-electron chi connectivity index (χ4n) is 4.33. The number of hydrogen-bond acceptors (Lipinski definition) is 14. The fraction of sp³-hybridized carbons (Fsp3) is 0.348. The van der Waals surface area contributed by atoms with Gasteiger partial charge in [-0.1, -0.05) is 5.16 Å². The van der Waals surface area contributed by atoms with Gasteiger partial charge in [0.15, 0.2) is 10.8 Å². The number of carbonyl (C=O) groups is 3. The lowest BCUT2D eigenvalue weighted by Crippen LogP contribution is -2.71. The molecule has 4 aliphatic rings. The highest BCUT2D eigenvalue weighted by molar-refractivity contribution is 8.03. The van der Waals surface area contributed by atoms with E-state index in [1.165, 1.54) is 28.4 Å². The predicted octanol–water partition coefficient (Wildman–Crippen LogP) is 0.220. The second kappa shape index (κ2) is 11.8. The zero-order chi connectivity index (χ0) is 28.4. The van der Waals surface area contributed by atoms with Gasteiger partial charge in [-0.15, -0.1) is 34.9 Å². The molecule has 40 heavy (non-hydrogen) atoms. The zero-order valence-electron chi connectivity index (χ0n) is 21.1. The average molecular weight is 607 g/mol. The summed E-state index contributed by atoms with van der Waals surface area (Å²) in [6, 6.07) is -0.941. The number of aliphatic carboxylic acids is 1. The van der Waals surface area contributed by atoms with Crippen LogP contribution in [0.2, 0.25) is 0 Å². The van der Waals surface area contributed by atoms with Crippen LogP contribution >= 0.6 is 34.9 Å². The van der Waals surface area contributed by atoms with Crippen LogP contribution < -0.4 is 16.5 Å². The molecule has 1 fully saturated rings. The number of thioether (sulfide) groups is 2. The van der Waals surface area contributed by atoms with Gasteiger partial charge >= 0.3 is 5.97 Å². The first-order chi connectivity index (χ1) is 19.3. The number of aliphatic hydroxyl groups is 1. The van der Waals surface area contributed by atoms with Gasteiger partial charge in [-0.2, -0.15) is 0 Å². The number of nitrogens with zero attached hydrogens (tertiary/aromatic N) is 5. The topological polar surface area (TPSA) is 186 Å². The molecular weight excluding hydrogens is 581 g/mol. The van der Waals surface area contributed by atoms with Crippen molar-refractivity contribution in [3.8, 4) is 0 Å². The third-order valence-corrected chi connectivity index (χ3v) is 9.00. The normalized spacial score (nSPS) is 21.8. The number of hydrogen-bond donors (Lipinski definition) is 5. The number of carboxylic acids is 1. The van der Waals surface area contributed by atoms with Gasteiger partial charge in [-0.3, -0.25) is 19.9 Å². The van der Waals surface area contributed by atoms with Crippen molar-refractivity contribution in [3.05, 3.63) is 57.7 Å². The number of rotatable bonds is 11. The Morgan fingerprint density at radius 3 is 2.90 bits per heavy atom. The molecule has 0 spiro atoms. The van der Waals surface area contributed by atoms with Crippen LogP contribution in [0.5, 0.6) is 0 Å². The lowest BCUT2D eigenvalue weighted by atomic mass is 10.0. The number of carboxylic acid groups (broad SMARTS) is 1. The van der Waals surface area contributed by atoms with Gasteiger partial charge in [-0.25, -0.2) is 14.8 Å². The minimum Gasteiger partial charge on any atom is -0.477 e. The number of allylic oxidation sites excluding steroid dienone is 2. The number of oxime groups is 1. The number of amides is 2. The van der Waals surface area contributed by atoms with E-state index in [0.717, 1.165) is 22.2 Å². The monoisotopic (exact) mass is 606 g/mol. The molecule has 0 bridgehead atoms. The minimum atomic E-state index is -1.21. The molecule has 17 heteroatoms. The van der Waals surface area contributed by atoms with E-state index in [9.17, 15) is 19.5 Å². The lowest BCUT2D eigenvalue weighted by Gasteiger charge is -2.49. The van der Waals surface area contributed by atoms with Gasteiger partial charge < -0.3 is 31.0 Å². The van der Waals surface area contributed by atoms with Crippen molar-refractivity contribution < 1.29 is 29.4 Å². The summed E-state index contributed by atoms with van der Waals surface area (Å²) in [6.45, 7) is 2.25. The molecule has 1 saturated heterocycles. The van der Waals surface area contributed by atoms with E-state index < -0.39 is 29.2 Å². The quantitative estimate of drug-likeness (QED) is 0.131. The van der Waals surface area contributed by atoms with E-state index in [1.54, 1.807) is 17.3 Å². The molecule has 1 aromatic heterocycles. The van der Waals surface area contributed by atoms with Crippen molar-refractivity contribution in [3.63, 3.8) is 0 Å². The van der Waals surface area contributed by atoms with Crippen LogP contribution in [-0.2, 0) is 19.2 Å². The maximum Gasteiger partial charge on any atom is 0.352 e. The standard InChI is InChI=1S/C23H26N8O6S3/c1-2-37-28-16(13-11-40-23(24)25-13)19(33)26-17-20(34)31-18(22(35)36)12(10-39-21(17)31)9-29-5-6-30-15(29)4-3-14(27-30)38-8-7-32/h3-6,11,17,21,27,32H,2,7-10H2,1H3,(H2,24,25)(H,26,33)(H,35,36)/b28-16-/t17-,21+/m1/s1. The zero-order valence-corrected chi connectivity index (χ0v) is 23.6. The van der Waals surface area contributed by atoms with Gasteiger partial charge in [0.1, 0.15) is 35.2 Å². The number of nitrogens with one attached hydrogen (secondary N) is 2. The Balaban J connectivity index is 1.30. The second-order valence-corrected chi connectivity index (χ2v) is 11.7. The lowest BCUT2D eigenvalue weighted by molar-refractivity contribution is -0.150. The summed E-state index contributed by atoms with van der Waals surface area (Å²) < 4.78 is 0. The van der Waals surface area contributed by atoms with Crippen LogP contribution in [0.15, 0.2) is 57.2 Å². The summed E-state index contributed by atoms with van der Waals surface area (Å²) in [5.74, 6) is -0.715. The van der Waals surface area contributed by atoms with Gasteiger partial charge in [0.25, 0.3) is 11.8 Å². The first-order valence-corrected chi connectivity index (χ1v) is 15.0. The summed E-state index contributed by atoms with van der Waals surface area (Å²) in [5.41, 5.74) is 9.50. The first-order valence-electron chi connectivity index (χ1n) is 12.1. The van der Waals surface area contributed by atoms with E-state index in [4.69, 9.17) is 15.7 Å². The summed E-state index contributed by atoms with van der Waals surface area (Å²) in [7, 11) is 0. The van der Waals surface area contributed by atoms with E-state index in [2.05, 4.69) is 20.9 Å². The summed E-state index contributed by atoms with van der Waals surface area (Å²) in [5, 5.41) is 29.5. The molecule has 4 aliphatic heterocycles. The number of thiazole rings is 1. The van der Waals surface area contributed by atoms with E-state index >= 15 is 0 Å². The van der Waals surface area contributed by atoms with Crippen molar-refractivity contribution in [2.24, 2.45) is 5.16 Å². The molecule has 2 atom stereocenters. The van der Waals surface area contributed by atoms with Crippen LogP contribution in [0, 0.1) is 0 Å². The van der Waals surface area contributed by atoms with Gasteiger partial charge in [0.05, 0.1) is 11.6 Å². The molecule has 5 heterocycles. The largest absolute Gasteiger partial charge is 0.477 e. The number of hydrazine groups is 1. The second-order valence-electron chi connectivity index (χ2n) is 8.58. The maximum atomic E-state index is 13.2. The Hall–Kier alpha value is -3.67. The molecule has 5 rings (SSSR count). The Kier molecular flexibility index (Phi) is 8.24. The predicted molar refractivity (Wildman–Crippen MR) is 151 cm³/mol. The van der Waals surface area contributed by atoms with Crippen molar-refractivity contribution in [2.45, 2.75) is 18.3 Å². The maximum absolute atomic E-state index is 13.2. The number of aliphatic hydroxyl groups excluding tert-OH is 1. The molecule has 0 aliphatic carbocycles. The molecule has 14 nitrogen and oxygen atoms in total. The highest BCUT2D eigenvalue weighted by Crippen LogP contribution is 2.41. The number of aromatic nitrogens is 1. The summed E-state index contributed by atoms with van der Waals surface area (Å²) >= 11 is 3.99. The summed E-state index contributed by atoms with van der Waals surface area (Å²) in [6.07, 6.45) is 7.42. The number of carbonyl (C=O) groups excluding carboxylic acids is 2. The number of nitrogen functional groups attached to an aromatic ring is 1. The molecule has 212 valence electrons. The molecule has 0 saturated carbocycles. The van der Waals surface area contributed by atoms with Crippen molar-refractivity contribution in [1.29, 1.82) is 0 Å². The van der Waals surface area contributed by atoms with Crippen molar-refractivity contribution in [2.75, 3.05) is 37.0 Å². The molecule has 6 N–H and O–H groups in total. The average Bonchev–Trinajstić information content (AvgIpc) is 3.55. The van der Waals surface area contributed by atoms with Crippen LogP contribution in [0.4, 0.5) is 5.13 Å². The molecular formula is C23H26N8O6S3. The van der Waals surface area contributed by atoms with Gasteiger partial charge in [0, 0.05) is 35.8 Å². The minimum absolute atomic E-state index is 0.0652. The highest BCUT2D eigenvalue weighted by Gasteiger charge is 2.54. The van der Waals surface area contributed by atoms with E-state index in [1.807, 2.05) is 29.5 Å². The molecule has 2 amide bonds. The number of fused-ring (bicyclic) bond motifs is 2. The van der Waals surface area contributed by atoms with Gasteiger partial charge in [0.2, 0.25) is 0 Å². The Labute approximate surface area is 241 Å². The first kappa shape index (κ1) is 27.9. The van der Waals surface area contributed by atoms with Crippen LogP contribution in [0.1, 0.15) is 12.6 Å². The van der Waals surface area contributed by atoms with Crippen molar-refractivity contribution in [1.82, 2.24) is 30.5 Å². The molecule has 1 aromatic rings. The van der Waals surface area contributed by atoms with E-state index in [0.29, 0.717) is 17.1 Å². The smallest absolute Gasteiger partial charge is 0.352 e. The third kappa shape index (κ3) is 5.36. The van der Waals surface area contributed by atoms with Gasteiger partial charge in [-0.05, 0) is 24.6 Å².